The third kappa shape index (κ3) is 4.03. The molecule has 1 atom stereocenters. The quantitative estimate of drug-likeness (QED) is 0.932. The average molecular weight is 311 g/mol. The summed E-state index contributed by atoms with van der Waals surface area (Å²) in [4.78, 5) is 27.0. The van der Waals surface area contributed by atoms with Crippen molar-refractivity contribution in [3.05, 3.63) is 48.2 Å². The van der Waals surface area contributed by atoms with Crippen LogP contribution in [0.5, 0.6) is 0 Å². The summed E-state index contributed by atoms with van der Waals surface area (Å²) in [6.07, 6.45) is 10.8. The lowest BCUT2D eigenvalue weighted by Crippen LogP contribution is -2.41. The molecule has 0 radical (unpaired) electrons. The van der Waals surface area contributed by atoms with Gasteiger partial charge in [-0.15, -0.1) is 0 Å². The van der Waals surface area contributed by atoms with Crippen LogP contribution in [-0.2, 0) is 0 Å². The lowest BCUT2D eigenvalue weighted by atomic mass is 9.98. The van der Waals surface area contributed by atoms with Crippen molar-refractivity contribution in [1.82, 2.24) is 20.3 Å². The van der Waals surface area contributed by atoms with Crippen LogP contribution in [-0.4, -0.2) is 40.5 Å². The molecule has 1 fully saturated rings. The van der Waals surface area contributed by atoms with E-state index in [0.717, 1.165) is 37.3 Å². The Bertz CT molecular complexity index is 661. The molecule has 1 aliphatic heterocycles. The predicted molar refractivity (Wildman–Crippen MR) is 88.3 cm³/mol. The molecule has 2 aromatic rings. The molecular weight excluding hydrogens is 290 g/mol. The van der Waals surface area contributed by atoms with E-state index >= 15 is 0 Å². The Morgan fingerprint density at radius 1 is 1.30 bits per heavy atom. The van der Waals surface area contributed by atoms with Crippen LogP contribution in [0.25, 0.3) is 0 Å². The van der Waals surface area contributed by atoms with Crippen LogP contribution in [0, 0.1) is 12.8 Å². The number of hydrogen-bond donors (Lipinski definition) is 1. The predicted octanol–water partition coefficient (Wildman–Crippen LogP) is 1.83. The molecule has 1 amide bonds. The summed E-state index contributed by atoms with van der Waals surface area (Å²) < 4.78 is 0. The normalized spacial score (nSPS) is 17.8. The summed E-state index contributed by atoms with van der Waals surface area (Å²) in [6.45, 7) is 4.49. The van der Waals surface area contributed by atoms with E-state index in [1.54, 1.807) is 31.0 Å². The second-order valence-corrected chi connectivity index (χ2v) is 5.98. The summed E-state index contributed by atoms with van der Waals surface area (Å²) >= 11 is 0. The van der Waals surface area contributed by atoms with E-state index in [0.29, 0.717) is 18.0 Å². The highest BCUT2D eigenvalue weighted by molar-refractivity contribution is 5.93. The number of rotatable bonds is 4. The van der Waals surface area contributed by atoms with Crippen LogP contribution < -0.4 is 10.2 Å². The average Bonchev–Trinajstić information content (AvgIpc) is 2.61. The molecule has 120 valence electrons. The summed E-state index contributed by atoms with van der Waals surface area (Å²) in [6, 6.07) is 1.86. The fraction of sp³-hybridized carbons (Fsp3) is 0.412. The Labute approximate surface area is 136 Å². The molecule has 0 aliphatic carbocycles. The van der Waals surface area contributed by atoms with E-state index < -0.39 is 0 Å². The van der Waals surface area contributed by atoms with Gasteiger partial charge in [0.05, 0.1) is 11.8 Å². The Morgan fingerprint density at radius 3 is 3.00 bits per heavy atom. The highest BCUT2D eigenvalue weighted by Crippen LogP contribution is 2.20. The van der Waals surface area contributed by atoms with E-state index in [1.165, 1.54) is 0 Å². The molecule has 6 nitrogen and oxygen atoms in total. The van der Waals surface area contributed by atoms with Crippen molar-refractivity contribution in [3.8, 4) is 0 Å². The van der Waals surface area contributed by atoms with Gasteiger partial charge < -0.3 is 10.2 Å². The first-order valence-corrected chi connectivity index (χ1v) is 7.93. The number of aromatic nitrogens is 3. The number of amides is 1. The Morgan fingerprint density at radius 2 is 2.22 bits per heavy atom. The Hall–Kier alpha value is -2.50. The Kier molecular flexibility index (Phi) is 4.80. The van der Waals surface area contributed by atoms with Gasteiger partial charge >= 0.3 is 0 Å². The van der Waals surface area contributed by atoms with Crippen LogP contribution in [0.4, 0.5) is 5.82 Å². The minimum atomic E-state index is -0.0576. The standard InChI is InChI=1S/C17H21N5O/c1-13-7-15(10-19-8-13)17(23)21-9-14-3-2-6-22(12-14)16-11-18-4-5-20-16/h4-5,7-8,10-11,14H,2-3,6,9,12H2,1H3,(H,21,23). The molecule has 2 aromatic heterocycles. The molecular formula is C17H21N5O. The summed E-state index contributed by atoms with van der Waals surface area (Å²) in [5.74, 6) is 1.27. The number of nitrogens with one attached hydrogen (secondary N) is 1. The second kappa shape index (κ2) is 7.17. The van der Waals surface area contributed by atoms with E-state index in [2.05, 4.69) is 25.2 Å². The second-order valence-electron chi connectivity index (χ2n) is 5.98. The number of piperidine rings is 1. The van der Waals surface area contributed by atoms with E-state index in [-0.39, 0.29) is 5.91 Å². The lowest BCUT2D eigenvalue weighted by molar-refractivity contribution is 0.0945. The van der Waals surface area contributed by atoms with E-state index in [1.807, 2.05) is 13.0 Å². The van der Waals surface area contributed by atoms with Gasteiger partial charge in [-0.05, 0) is 37.3 Å². The highest BCUT2D eigenvalue weighted by atomic mass is 16.1. The van der Waals surface area contributed by atoms with Crippen LogP contribution in [0.15, 0.2) is 37.1 Å². The third-order valence-electron chi connectivity index (χ3n) is 4.08. The van der Waals surface area contributed by atoms with Crippen molar-refractivity contribution in [3.63, 3.8) is 0 Å². The minimum absolute atomic E-state index is 0.0576. The lowest BCUT2D eigenvalue weighted by Gasteiger charge is -2.33. The van der Waals surface area contributed by atoms with Gasteiger partial charge in [-0.25, -0.2) is 4.98 Å². The number of anilines is 1. The number of nitrogens with zero attached hydrogens (tertiary/aromatic N) is 4. The SMILES string of the molecule is Cc1cncc(C(=O)NCC2CCCN(c3cnccn3)C2)c1. The van der Waals surface area contributed by atoms with Crippen molar-refractivity contribution in [2.75, 3.05) is 24.5 Å². The maximum absolute atomic E-state index is 12.2. The third-order valence-corrected chi connectivity index (χ3v) is 4.08. The first-order valence-electron chi connectivity index (χ1n) is 7.93. The molecule has 6 heteroatoms. The zero-order chi connectivity index (χ0) is 16.1. The summed E-state index contributed by atoms with van der Waals surface area (Å²) in [5.41, 5.74) is 1.61. The van der Waals surface area contributed by atoms with Crippen LogP contribution in [0.3, 0.4) is 0 Å². The molecule has 0 saturated carbocycles. The van der Waals surface area contributed by atoms with E-state index in [4.69, 9.17) is 0 Å². The number of aryl methyl sites for hydroxylation is 1. The van der Waals surface area contributed by atoms with Crippen LogP contribution in [0.1, 0.15) is 28.8 Å². The van der Waals surface area contributed by atoms with Gasteiger partial charge in [0, 0.05) is 44.4 Å². The van der Waals surface area contributed by atoms with Gasteiger partial charge in [0.1, 0.15) is 5.82 Å². The molecule has 0 bridgehead atoms. The molecule has 3 rings (SSSR count). The fourth-order valence-corrected chi connectivity index (χ4v) is 2.91. The number of carbonyl (C=O) groups is 1. The van der Waals surface area contributed by atoms with Crippen molar-refractivity contribution >= 4 is 11.7 Å². The zero-order valence-electron chi connectivity index (χ0n) is 13.3. The van der Waals surface area contributed by atoms with Gasteiger partial charge in [0.2, 0.25) is 0 Å². The van der Waals surface area contributed by atoms with Gasteiger partial charge in [-0.1, -0.05) is 0 Å². The smallest absolute Gasteiger partial charge is 0.252 e. The van der Waals surface area contributed by atoms with Crippen LogP contribution in [0.2, 0.25) is 0 Å². The minimum Gasteiger partial charge on any atom is -0.355 e. The topological polar surface area (TPSA) is 71.0 Å². The molecule has 1 unspecified atom stereocenters. The number of hydrogen-bond acceptors (Lipinski definition) is 5. The van der Waals surface area contributed by atoms with Crippen molar-refractivity contribution < 1.29 is 4.79 Å². The first-order chi connectivity index (χ1) is 11.2. The van der Waals surface area contributed by atoms with Gasteiger partial charge in [-0.3, -0.25) is 14.8 Å². The van der Waals surface area contributed by atoms with Gasteiger partial charge in [-0.2, -0.15) is 0 Å². The molecule has 0 spiro atoms. The van der Waals surface area contributed by atoms with Crippen LogP contribution >= 0.6 is 0 Å². The van der Waals surface area contributed by atoms with Crippen molar-refractivity contribution in [2.45, 2.75) is 19.8 Å². The number of carbonyl (C=O) groups excluding carboxylic acids is 1. The summed E-state index contributed by atoms with van der Waals surface area (Å²) in [7, 11) is 0. The monoisotopic (exact) mass is 311 g/mol. The first kappa shape index (κ1) is 15.4. The summed E-state index contributed by atoms with van der Waals surface area (Å²) in [5, 5.41) is 3.03. The maximum atomic E-state index is 12.2. The van der Waals surface area contributed by atoms with Gasteiger partial charge in [0.15, 0.2) is 0 Å². The molecule has 1 saturated heterocycles. The van der Waals surface area contributed by atoms with E-state index in [9.17, 15) is 4.79 Å². The molecule has 3 heterocycles. The molecule has 23 heavy (non-hydrogen) atoms. The highest BCUT2D eigenvalue weighted by Gasteiger charge is 2.21. The fourth-order valence-electron chi connectivity index (χ4n) is 2.91. The maximum Gasteiger partial charge on any atom is 0.252 e. The van der Waals surface area contributed by atoms with Gasteiger partial charge in [0.25, 0.3) is 5.91 Å². The van der Waals surface area contributed by atoms with Crippen molar-refractivity contribution in [2.24, 2.45) is 5.92 Å². The Balaban J connectivity index is 1.55. The van der Waals surface area contributed by atoms with Crippen molar-refractivity contribution in [1.29, 1.82) is 0 Å². The molecule has 0 aromatic carbocycles. The largest absolute Gasteiger partial charge is 0.355 e. The molecule has 1 N–H and O–H groups in total. The zero-order valence-corrected chi connectivity index (χ0v) is 13.3. The molecule has 1 aliphatic rings. The number of pyridine rings is 1.